The molecule has 1 N–H and O–H groups in total. The van der Waals surface area contributed by atoms with Crippen LogP contribution in [-0.2, 0) is 22.4 Å². The van der Waals surface area contributed by atoms with Gasteiger partial charge in [-0.05, 0) is 50.3 Å². The number of amides is 2. The van der Waals surface area contributed by atoms with Crippen LogP contribution < -0.4 is 10.2 Å². The molecule has 2 aliphatic rings. The number of nitrogens with one attached hydrogen (secondary N) is 1. The maximum atomic E-state index is 12.9. The third-order valence-electron chi connectivity index (χ3n) is 6.16. The van der Waals surface area contributed by atoms with Crippen molar-refractivity contribution in [3.8, 4) is 0 Å². The fourth-order valence-electron chi connectivity index (χ4n) is 4.20. The highest BCUT2D eigenvalue weighted by Gasteiger charge is 2.30. The normalized spacial score (nSPS) is 18.8. The van der Waals surface area contributed by atoms with Crippen LogP contribution in [0.5, 0.6) is 0 Å². The van der Waals surface area contributed by atoms with Crippen LogP contribution in [0.15, 0.2) is 18.2 Å². The molecule has 0 radical (unpaired) electrons. The number of anilines is 2. The van der Waals surface area contributed by atoms with Gasteiger partial charge in [0.1, 0.15) is 0 Å². The number of rotatable bonds is 4. The van der Waals surface area contributed by atoms with Crippen molar-refractivity contribution in [2.75, 3.05) is 36.4 Å². The molecule has 4 rings (SSSR count). The van der Waals surface area contributed by atoms with Crippen LogP contribution in [0.4, 0.5) is 10.8 Å². The quantitative estimate of drug-likeness (QED) is 0.812. The third kappa shape index (κ3) is 4.36. The second-order valence-corrected chi connectivity index (χ2v) is 9.40. The van der Waals surface area contributed by atoms with E-state index >= 15 is 0 Å². The smallest absolute Gasteiger partial charge is 0.227 e. The topological polar surface area (TPSA) is 65.5 Å². The van der Waals surface area contributed by atoms with Gasteiger partial charge in [-0.25, -0.2) is 4.98 Å². The Hall–Kier alpha value is -2.41. The molecule has 1 aromatic carbocycles. The Morgan fingerprint density at radius 3 is 2.70 bits per heavy atom. The van der Waals surface area contributed by atoms with Gasteiger partial charge in [-0.3, -0.25) is 9.59 Å². The minimum absolute atomic E-state index is 0.00950. The molecule has 0 saturated carbocycles. The van der Waals surface area contributed by atoms with E-state index in [1.165, 1.54) is 4.88 Å². The number of fused-ring (bicyclic) bond motifs is 1. The van der Waals surface area contributed by atoms with Gasteiger partial charge >= 0.3 is 0 Å². The van der Waals surface area contributed by atoms with Crippen LogP contribution in [0.25, 0.3) is 0 Å². The molecule has 2 amide bonds. The average Bonchev–Trinajstić information content (AvgIpc) is 3.19. The fraction of sp³-hybridized carbons (Fsp3) is 0.522. The van der Waals surface area contributed by atoms with Gasteiger partial charge in [0.2, 0.25) is 11.8 Å². The third-order valence-corrected chi connectivity index (χ3v) is 7.34. The van der Waals surface area contributed by atoms with Crippen molar-refractivity contribution >= 4 is 34.0 Å². The van der Waals surface area contributed by atoms with Crippen molar-refractivity contribution in [2.24, 2.45) is 5.92 Å². The number of hydrogen-bond acceptors (Lipinski definition) is 5. The number of benzene rings is 1. The number of thiazole rings is 1. The molecular weight excluding hydrogens is 396 g/mol. The van der Waals surface area contributed by atoms with E-state index in [1.54, 1.807) is 11.3 Å². The number of carbonyl (C=O) groups excluding carboxylic acids is 2. The molecule has 2 aromatic rings. The molecule has 1 aliphatic carbocycles. The van der Waals surface area contributed by atoms with E-state index in [-0.39, 0.29) is 17.7 Å². The van der Waals surface area contributed by atoms with Crippen molar-refractivity contribution in [3.05, 3.63) is 39.9 Å². The Balaban J connectivity index is 1.39. The molecule has 0 bridgehead atoms. The van der Waals surface area contributed by atoms with E-state index in [1.807, 2.05) is 37.8 Å². The van der Waals surface area contributed by atoms with Crippen molar-refractivity contribution in [3.63, 3.8) is 0 Å². The second kappa shape index (κ2) is 8.76. The Morgan fingerprint density at radius 1 is 1.20 bits per heavy atom. The van der Waals surface area contributed by atoms with E-state index in [2.05, 4.69) is 16.3 Å². The lowest BCUT2D eigenvalue weighted by atomic mass is 9.90. The zero-order chi connectivity index (χ0) is 21.3. The highest BCUT2D eigenvalue weighted by Crippen LogP contribution is 2.35. The second-order valence-electron chi connectivity index (χ2n) is 8.34. The summed E-state index contributed by atoms with van der Waals surface area (Å²) >= 11 is 1.72. The number of hydrogen-bond donors (Lipinski definition) is 1. The lowest BCUT2D eigenvalue weighted by Gasteiger charge is -2.34. The highest BCUT2D eigenvalue weighted by atomic mass is 32.1. The minimum atomic E-state index is -0.00950. The molecule has 1 aromatic heterocycles. The molecule has 160 valence electrons. The van der Waals surface area contributed by atoms with Crippen molar-refractivity contribution < 1.29 is 9.59 Å². The highest BCUT2D eigenvalue weighted by molar-refractivity contribution is 7.15. The predicted molar refractivity (Wildman–Crippen MR) is 121 cm³/mol. The first-order valence-electron chi connectivity index (χ1n) is 10.8. The van der Waals surface area contributed by atoms with E-state index < -0.39 is 0 Å². The summed E-state index contributed by atoms with van der Waals surface area (Å²) in [6, 6.07) is 6.15. The van der Waals surface area contributed by atoms with Crippen LogP contribution in [0.2, 0.25) is 0 Å². The molecule has 0 spiro atoms. The summed E-state index contributed by atoms with van der Waals surface area (Å²) in [4.78, 5) is 35.1. The first kappa shape index (κ1) is 20.8. The molecule has 7 heteroatoms. The zero-order valence-corrected chi connectivity index (χ0v) is 18.8. The maximum Gasteiger partial charge on any atom is 0.227 e. The van der Waals surface area contributed by atoms with E-state index in [0.717, 1.165) is 73.1 Å². The molecular formula is C23H30N4O2S. The van der Waals surface area contributed by atoms with Gasteiger partial charge in [-0.2, -0.15) is 0 Å². The van der Waals surface area contributed by atoms with E-state index in [9.17, 15) is 9.59 Å². The molecule has 2 heterocycles. The van der Waals surface area contributed by atoms with Gasteiger partial charge in [0.05, 0.1) is 5.69 Å². The standard InChI is InChI=1S/C23H30N4O2S/c1-4-21(28)26-9-11-27(12-10-26)23-25-18-8-7-17(14-20(18)30-23)22(29)24-19-13-15(2)5-6-16(19)3/h5-6,13,17H,4,7-12,14H2,1-3H3,(H,24,29)/t17-/m0/s1. The number of carbonyl (C=O) groups is 2. The number of nitrogens with zero attached hydrogens (tertiary/aromatic N) is 3. The summed E-state index contributed by atoms with van der Waals surface area (Å²) in [5, 5.41) is 4.18. The summed E-state index contributed by atoms with van der Waals surface area (Å²) in [5.41, 5.74) is 4.30. The molecule has 1 fully saturated rings. The zero-order valence-electron chi connectivity index (χ0n) is 18.0. The SMILES string of the molecule is CCC(=O)N1CCN(c2nc3c(s2)C[C@@H](C(=O)Nc2cc(C)ccc2C)CC3)CC1. The summed E-state index contributed by atoms with van der Waals surface area (Å²) in [6.45, 7) is 9.16. The van der Waals surface area contributed by atoms with Crippen molar-refractivity contribution in [1.29, 1.82) is 0 Å². The Morgan fingerprint density at radius 2 is 1.97 bits per heavy atom. The first-order chi connectivity index (χ1) is 14.4. The summed E-state index contributed by atoms with van der Waals surface area (Å²) in [5.74, 6) is 0.325. The fourth-order valence-corrected chi connectivity index (χ4v) is 5.43. The van der Waals surface area contributed by atoms with Gasteiger partial charge in [0, 0.05) is 49.1 Å². The monoisotopic (exact) mass is 426 g/mol. The number of aromatic nitrogens is 1. The van der Waals surface area contributed by atoms with Crippen LogP contribution >= 0.6 is 11.3 Å². The van der Waals surface area contributed by atoms with Crippen LogP contribution in [0, 0.1) is 19.8 Å². The first-order valence-corrected chi connectivity index (χ1v) is 11.7. The van der Waals surface area contributed by atoms with Crippen LogP contribution in [0.1, 0.15) is 41.5 Å². The summed E-state index contributed by atoms with van der Waals surface area (Å²) in [6.07, 6.45) is 3.02. The lowest BCUT2D eigenvalue weighted by molar-refractivity contribution is -0.131. The Labute approximate surface area is 182 Å². The lowest BCUT2D eigenvalue weighted by Crippen LogP contribution is -2.48. The number of aryl methyl sites for hydroxylation is 3. The molecule has 1 saturated heterocycles. The van der Waals surface area contributed by atoms with Crippen LogP contribution in [0.3, 0.4) is 0 Å². The molecule has 1 aliphatic heterocycles. The average molecular weight is 427 g/mol. The van der Waals surface area contributed by atoms with Crippen molar-refractivity contribution in [1.82, 2.24) is 9.88 Å². The summed E-state index contributed by atoms with van der Waals surface area (Å²) in [7, 11) is 0. The summed E-state index contributed by atoms with van der Waals surface area (Å²) < 4.78 is 0. The van der Waals surface area contributed by atoms with Gasteiger partial charge in [0.25, 0.3) is 0 Å². The number of piperazine rings is 1. The molecule has 30 heavy (non-hydrogen) atoms. The van der Waals surface area contributed by atoms with Gasteiger partial charge < -0.3 is 15.1 Å². The maximum absolute atomic E-state index is 12.9. The van der Waals surface area contributed by atoms with Crippen molar-refractivity contribution in [2.45, 2.75) is 46.5 Å². The van der Waals surface area contributed by atoms with Gasteiger partial charge in [-0.1, -0.05) is 19.1 Å². The van der Waals surface area contributed by atoms with E-state index in [0.29, 0.717) is 6.42 Å². The largest absolute Gasteiger partial charge is 0.345 e. The Kier molecular flexibility index (Phi) is 6.09. The molecule has 6 nitrogen and oxygen atoms in total. The predicted octanol–water partition coefficient (Wildman–Crippen LogP) is 3.56. The molecule has 1 atom stereocenters. The van der Waals surface area contributed by atoms with E-state index in [4.69, 9.17) is 4.98 Å². The minimum Gasteiger partial charge on any atom is -0.345 e. The Bertz CT molecular complexity index is 947. The van der Waals surface area contributed by atoms with Gasteiger partial charge in [-0.15, -0.1) is 11.3 Å². The van der Waals surface area contributed by atoms with Gasteiger partial charge in [0.15, 0.2) is 5.13 Å². The van der Waals surface area contributed by atoms with Crippen LogP contribution in [-0.4, -0.2) is 47.9 Å². The molecule has 0 unspecified atom stereocenters.